The molecule has 0 atom stereocenters. The number of aromatic nitrogens is 4. The van der Waals surface area contributed by atoms with E-state index in [2.05, 4.69) is 23.8 Å². The summed E-state index contributed by atoms with van der Waals surface area (Å²) in [6.45, 7) is 4.27. The fourth-order valence-corrected chi connectivity index (χ4v) is 2.04. The number of imidazole rings is 2. The minimum absolute atomic E-state index is 0.170. The Hall–Kier alpha value is -1.58. The lowest BCUT2D eigenvalue weighted by atomic mass is 9.91. The van der Waals surface area contributed by atoms with Gasteiger partial charge in [0.25, 0.3) is 0 Å². The Labute approximate surface area is 89.6 Å². The van der Waals surface area contributed by atoms with Gasteiger partial charge in [-0.25, -0.2) is 9.97 Å². The lowest BCUT2D eigenvalue weighted by Crippen LogP contribution is -2.27. The predicted molar refractivity (Wildman–Crippen MR) is 58.5 cm³/mol. The molecule has 2 aromatic rings. The summed E-state index contributed by atoms with van der Waals surface area (Å²) in [5, 5.41) is 0. The van der Waals surface area contributed by atoms with Crippen molar-refractivity contribution in [1.29, 1.82) is 0 Å². The Morgan fingerprint density at radius 3 is 1.60 bits per heavy atom. The van der Waals surface area contributed by atoms with Gasteiger partial charge in [0.1, 0.15) is 11.6 Å². The molecule has 0 bridgehead atoms. The van der Waals surface area contributed by atoms with Crippen LogP contribution in [-0.4, -0.2) is 19.1 Å². The van der Waals surface area contributed by atoms with Crippen molar-refractivity contribution in [2.24, 2.45) is 14.1 Å². The van der Waals surface area contributed by atoms with Crippen LogP contribution < -0.4 is 0 Å². The molecule has 15 heavy (non-hydrogen) atoms. The van der Waals surface area contributed by atoms with Crippen LogP contribution in [0.5, 0.6) is 0 Å². The lowest BCUT2D eigenvalue weighted by Gasteiger charge is -2.23. The van der Waals surface area contributed by atoms with E-state index in [1.54, 1.807) is 0 Å². The van der Waals surface area contributed by atoms with E-state index in [4.69, 9.17) is 0 Å². The highest BCUT2D eigenvalue weighted by molar-refractivity contribution is 5.20. The van der Waals surface area contributed by atoms with Gasteiger partial charge in [-0.2, -0.15) is 0 Å². The number of aryl methyl sites for hydroxylation is 2. The van der Waals surface area contributed by atoms with Gasteiger partial charge in [0.05, 0.1) is 5.41 Å². The van der Waals surface area contributed by atoms with E-state index in [0.717, 1.165) is 11.6 Å². The first-order valence-electron chi connectivity index (χ1n) is 4.99. The molecule has 0 saturated carbocycles. The number of nitrogens with zero attached hydrogens (tertiary/aromatic N) is 4. The molecule has 0 amide bonds. The molecule has 0 aromatic carbocycles. The molecule has 2 rings (SSSR count). The standard InChI is InChI=1S/C11H16N4/c1-11(2,9-12-5-7-14(9)3)10-13-6-8-15(10)4/h5-8H,1-4H3. The largest absolute Gasteiger partial charge is 0.337 e. The fourth-order valence-electron chi connectivity index (χ4n) is 2.04. The highest BCUT2D eigenvalue weighted by Crippen LogP contribution is 2.27. The molecule has 0 aliphatic carbocycles. The van der Waals surface area contributed by atoms with Gasteiger partial charge in [-0.1, -0.05) is 0 Å². The van der Waals surface area contributed by atoms with Gasteiger partial charge in [-0.05, 0) is 13.8 Å². The minimum Gasteiger partial charge on any atom is -0.337 e. The topological polar surface area (TPSA) is 35.6 Å². The molecule has 4 heteroatoms. The van der Waals surface area contributed by atoms with Crippen LogP contribution in [0.15, 0.2) is 24.8 Å². The SMILES string of the molecule is Cn1ccnc1C(C)(C)c1nccn1C. The monoisotopic (exact) mass is 204 g/mol. The van der Waals surface area contributed by atoms with Crippen LogP contribution in [0, 0.1) is 0 Å². The summed E-state index contributed by atoms with van der Waals surface area (Å²) in [6.07, 6.45) is 7.56. The maximum absolute atomic E-state index is 4.39. The second kappa shape index (κ2) is 3.22. The van der Waals surface area contributed by atoms with Gasteiger partial charge in [0, 0.05) is 38.9 Å². The van der Waals surface area contributed by atoms with E-state index in [0.29, 0.717) is 0 Å². The quantitative estimate of drug-likeness (QED) is 0.742. The molecule has 80 valence electrons. The molecule has 0 N–H and O–H groups in total. The zero-order chi connectivity index (χ0) is 11.1. The van der Waals surface area contributed by atoms with Gasteiger partial charge in [0.15, 0.2) is 0 Å². The third kappa shape index (κ3) is 1.46. The summed E-state index contributed by atoms with van der Waals surface area (Å²) >= 11 is 0. The molecule has 0 fully saturated rings. The molecule has 0 unspecified atom stereocenters. The van der Waals surface area contributed by atoms with E-state index in [9.17, 15) is 0 Å². The van der Waals surface area contributed by atoms with Crippen molar-refractivity contribution >= 4 is 0 Å². The van der Waals surface area contributed by atoms with E-state index in [1.807, 2.05) is 48.0 Å². The third-order valence-corrected chi connectivity index (χ3v) is 2.76. The van der Waals surface area contributed by atoms with Gasteiger partial charge in [-0.15, -0.1) is 0 Å². The minimum atomic E-state index is -0.170. The highest BCUT2D eigenvalue weighted by atomic mass is 15.1. The first kappa shape index (κ1) is 9.96. The number of hydrogen-bond donors (Lipinski definition) is 0. The van der Waals surface area contributed by atoms with E-state index in [1.165, 1.54) is 0 Å². The Kier molecular flexibility index (Phi) is 2.14. The van der Waals surface area contributed by atoms with E-state index < -0.39 is 0 Å². The Balaban J connectivity index is 2.53. The van der Waals surface area contributed by atoms with Crippen molar-refractivity contribution in [2.45, 2.75) is 19.3 Å². The second-order valence-electron chi connectivity index (χ2n) is 4.35. The van der Waals surface area contributed by atoms with Crippen molar-refractivity contribution in [2.75, 3.05) is 0 Å². The summed E-state index contributed by atoms with van der Waals surface area (Å²) in [4.78, 5) is 8.79. The molecular formula is C11H16N4. The second-order valence-corrected chi connectivity index (χ2v) is 4.35. The molecule has 0 aliphatic heterocycles. The van der Waals surface area contributed by atoms with E-state index >= 15 is 0 Å². The van der Waals surface area contributed by atoms with Gasteiger partial charge in [0.2, 0.25) is 0 Å². The third-order valence-electron chi connectivity index (χ3n) is 2.76. The van der Waals surface area contributed by atoms with Crippen LogP contribution >= 0.6 is 0 Å². The van der Waals surface area contributed by atoms with Crippen LogP contribution in [0.2, 0.25) is 0 Å². The van der Waals surface area contributed by atoms with Crippen molar-refractivity contribution in [3.8, 4) is 0 Å². The van der Waals surface area contributed by atoms with Crippen molar-refractivity contribution in [3.05, 3.63) is 36.4 Å². The fraction of sp³-hybridized carbons (Fsp3) is 0.455. The molecule has 2 aromatic heterocycles. The highest BCUT2D eigenvalue weighted by Gasteiger charge is 2.30. The summed E-state index contributed by atoms with van der Waals surface area (Å²) in [5.74, 6) is 2.05. The summed E-state index contributed by atoms with van der Waals surface area (Å²) in [6, 6.07) is 0. The van der Waals surface area contributed by atoms with Crippen LogP contribution in [0.3, 0.4) is 0 Å². The smallest absolute Gasteiger partial charge is 0.121 e. The van der Waals surface area contributed by atoms with Gasteiger partial charge >= 0.3 is 0 Å². The normalized spacial score (nSPS) is 12.0. The van der Waals surface area contributed by atoms with Crippen molar-refractivity contribution in [1.82, 2.24) is 19.1 Å². The van der Waals surface area contributed by atoms with Crippen molar-refractivity contribution in [3.63, 3.8) is 0 Å². The maximum atomic E-state index is 4.39. The summed E-state index contributed by atoms with van der Waals surface area (Å²) in [5.41, 5.74) is -0.170. The molecule has 2 heterocycles. The molecule has 0 aliphatic rings. The first-order valence-corrected chi connectivity index (χ1v) is 4.99. The first-order chi connectivity index (χ1) is 7.03. The van der Waals surface area contributed by atoms with E-state index in [-0.39, 0.29) is 5.41 Å². The molecule has 0 radical (unpaired) electrons. The van der Waals surface area contributed by atoms with Crippen LogP contribution in [0.1, 0.15) is 25.5 Å². The molecule has 0 spiro atoms. The Morgan fingerprint density at radius 2 is 1.33 bits per heavy atom. The average Bonchev–Trinajstić information content (AvgIpc) is 2.73. The van der Waals surface area contributed by atoms with Crippen LogP contribution in [0.4, 0.5) is 0 Å². The lowest BCUT2D eigenvalue weighted by molar-refractivity contribution is 0.509. The van der Waals surface area contributed by atoms with Gasteiger partial charge < -0.3 is 9.13 Å². The van der Waals surface area contributed by atoms with Crippen LogP contribution in [0.25, 0.3) is 0 Å². The zero-order valence-electron chi connectivity index (χ0n) is 9.60. The Morgan fingerprint density at radius 1 is 0.933 bits per heavy atom. The van der Waals surface area contributed by atoms with Crippen molar-refractivity contribution < 1.29 is 0 Å². The summed E-state index contributed by atoms with van der Waals surface area (Å²) < 4.78 is 4.07. The Bertz CT molecular complexity index is 422. The predicted octanol–water partition coefficient (Wildman–Crippen LogP) is 1.48. The molecular weight excluding hydrogens is 188 g/mol. The number of hydrogen-bond acceptors (Lipinski definition) is 2. The van der Waals surface area contributed by atoms with Crippen LogP contribution in [-0.2, 0) is 19.5 Å². The molecule has 0 saturated heterocycles. The van der Waals surface area contributed by atoms with Gasteiger partial charge in [-0.3, -0.25) is 0 Å². The zero-order valence-corrected chi connectivity index (χ0v) is 9.60. The number of rotatable bonds is 2. The summed E-state index contributed by atoms with van der Waals surface area (Å²) in [7, 11) is 4.01. The average molecular weight is 204 g/mol. The maximum Gasteiger partial charge on any atom is 0.121 e. The molecule has 4 nitrogen and oxygen atoms in total.